The van der Waals surface area contributed by atoms with Gasteiger partial charge in [0.25, 0.3) is 0 Å². The Hall–Kier alpha value is -0.790. The Balaban J connectivity index is 2.85. The molecule has 0 saturated carbocycles. The molecule has 0 aromatic carbocycles. The van der Waals surface area contributed by atoms with Crippen molar-refractivity contribution in [2.24, 2.45) is 0 Å². The molecule has 0 aliphatic heterocycles. The number of imidazole rings is 1. The second-order valence-electron chi connectivity index (χ2n) is 2.41. The van der Waals surface area contributed by atoms with Gasteiger partial charge in [-0.15, -0.1) is 0 Å². The molecule has 9 heavy (non-hydrogen) atoms. The van der Waals surface area contributed by atoms with Gasteiger partial charge in [-0.2, -0.15) is 0 Å². The molecule has 1 aromatic heterocycles. The van der Waals surface area contributed by atoms with Gasteiger partial charge < -0.3 is 4.57 Å². The first kappa shape index (κ1) is 6.33. The second kappa shape index (κ2) is 2.21. The minimum atomic E-state index is 0.494. The van der Waals surface area contributed by atoms with Crippen LogP contribution in [0.4, 0.5) is 0 Å². The molecule has 0 fully saturated rings. The van der Waals surface area contributed by atoms with Gasteiger partial charge in [0.05, 0.1) is 12.0 Å². The van der Waals surface area contributed by atoms with Gasteiger partial charge in [-0.1, -0.05) is 0 Å². The molecule has 1 aromatic rings. The van der Waals surface area contributed by atoms with E-state index in [1.165, 1.54) is 0 Å². The van der Waals surface area contributed by atoms with Crippen molar-refractivity contribution in [2.45, 2.75) is 19.9 Å². The highest BCUT2D eigenvalue weighted by molar-refractivity contribution is 5.00. The second-order valence-corrected chi connectivity index (χ2v) is 2.41. The van der Waals surface area contributed by atoms with Crippen LogP contribution in [-0.2, 0) is 0 Å². The minimum absolute atomic E-state index is 0.494. The molecular formula is C7H11N2. The van der Waals surface area contributed by atoms with Crippen molar-refractivity contribution in [3.63, 3.8) is 0 Å². The summed E-state index contributed by atoms with van der Waals surface area (Å²) in [6, 6.07) is 0.494. The summed E-state index contributed by atoms with van der Waals surface area (Å²) in [6.45, 7) is 7.92. The van der Waals surface area contributed by atoms with E-state index in [2.05, 4.69) is 25.8 Å². The number of hydrogen-bond acceptors (Lipinski definition) is 1. The zero-order valence-corrected chi connectivity index (χ0v) is 5.83. The predicted molar refractivity (Wildman–Crippen MR) is 37.1 cm³/mol. The average Bonchev–Trinajstić information content (AvgIpc) is 2.14. The van der Waals surface area contributed by atoms with Crippen molar-refractivity contribution in [2.75, 3.05) is 0 Å². The SMILES string of the molecule is [CH2]c1cn(C(C)C)cn1. The summed E-state index contributed by atoms with van der Waals surface area (Å²) in [4.78, 5) is 3.99. The molecule has 0 spiro atoms. The van der Waals surface area contributed by atoms with Crippen LogP contribution >= 0.6 is 0 Å². The fraction of sp³-hybridized carbons (Fsp3) is 0.429. The quantitative estimate of drug-likeness (QED) is 0.555. The van der Waals surface area contributed by atoms with Gasteiger partial charge >= 0.3 is 0 Å². The summed E-state index contributed by atoms with van der Waals surface area (Å²) in [5.74, 6) is 0. The Morgan fingerprint density at radius 1 is 1.67 bits per heavy atom. The van der Waals surface area contributed by atoms with Crippen molar-refractivity contribution >= 4 is 0 Å². The van der Waals surface area contributed by atoms with Crippen LogP contribution in [0.15, 0.2) is 12.5 Å². The molecule has 0 unspecified atom stereocenters. The van der Waals surface area contributed by atoms with Gasteiger partial charge in [0.1, 0.15) is 0 Å². The van der Waals surface area contributed by atoms with Crippen molar-refractivity contribution in [1.29, 1.82) is 0 Å². The molecule has 2 heteroatoms. The lowest BCUT2D eigenvalue weighted by atomic mass is 10.4. The van der Waals surface area contributed by atoms with E-state index in [1.807, 2.05) is 10.8 Å². The standard InChI is InChI=1S/C7H11N2/c1-6(2)9-4-7(3)8-5-9/h4-6H,3H2,1-2H3. The van der Waals surface area contributed by atoms with Crippen LogP contribution in [-0.4, -0.2) is 9.55 Å². The molecule has 1 rings (SSSR count). The lowest BCUT2D eigenvalue weighted by molar-refractivity contribution is 0.599. The van der Waals surface area contributed by atoms with E-state index in [-0.39, 0.29) is 0 Å². The molecule has 49 valence electrons. The Morgan fingerprint density at radius 2 is 2.33 bits per heavy atom. The number of nitrogens with zero attached hydrogens (tertiary/aromatic N) is 2. The number of hydrogen-bond donors (Lipinski definition) is 0. The van der Waals surface area contributed by atoms with Crippen LogP contribution < -0.4 is 0 Å². The van der Waals surface area contributed by atoms with E-state index >= 15 is 0 Å². The zero-order chi connectivity index (χ0) is 6.85. The van der Waals surface area contributed by atoms with E-state index in [0.29, 0.717) is 6.04 Å². The lowest BCUT2D eigenvalue weighted by Gasteiger charge is -2.02. The van der Waals surface area contributed by atoms with Gasteiger partial charge in [0.2, 0.25) is 0 Å². The van der Waals surface area contributed by atoms with Gasteiger partial charge in [-0.25, -0.2) is 4.98 Å². The van der Waals surface area contributed by atoms with E-state index in [1.54, 1.807) is 6.33 Å². The molecule has 0 aliphatic rings. The molecule has 1 heterocycles. The maximum atomic E-state index is 3.99. The highest BCUT2D eigenvalue weighted by Crippen LogP contribution is 2.03. The van der Waals surface area contributed by atoms with E-state index < -0.39 is 0 Å². The lowest BCUT2D eigenvalue weighted by Crippen LogP contribution is -1.95. The first-order valence-corrected chi connectivity index (χ1v) is 3.05. The molecular weight excluding hydrogens is 112 g/mol. The molecule has 0 N–H and O–H groups in total. The highest BCUT2D eigenvalue weighted by Gasteiger charge is 1.95. The maximum Gasteiger partial charge on any atom is 0.0951 e. The summed E-state index contributed by atoms with van der Waals surface area (Å²) in [6.07, 6.45) is 3.73. The third-order valence-corrected chi connectivity index (χ3v) is 1.25. The fourth-order valence-electron chi connectivity index (χ4n) is 0.662. The third kappa shape index (κ3) is 1.31. The Morgan fingerprint density at radius 3 is 2.56 bits per heavy atom. The first-order valence-electron chi connectivity index (χ1n) is 3.05. The van der Waals surface area contributed by atoms with Crippen molar-refractivity contribution in [3.8, 4) is 0 Å². The first-order chi connectivity index (χ1) is 4.20. The van der Waals surface area contributed by atoms with Gasteiger partial charge in [-0.3, -0.25) is 0 Å². The summed E-state index contributed by atoms with van der Waals surface area (Å²) < 4.78 is 2.03. The summed E-state index contributed by atoms with van der Waals surface area (Å²) in [7, 11) is 0. The van der Waals surface area contributed by atoms with Crippen LogP contribution in [0.1, 0.15) is 25.6 Å². The normalized spacial score (nSPS) is 10.7. The van der Waals surface area contributed by atoms with Crippen molar-refractivity contribution in [3.05, 3.63) is 25.1 Å². The number of rotatable bonds is 1. The van der Waals surface area contributed by atoms with Crippen molar-refractivity contribution < 1.29 is 0 Å². The topological polar surface area (TPSA) is 17.8 Å². The largest absolute Gasteiger partial charge is 0.335 e. The Kier molecular flexibility index (Phi) is 1.56. The van der Waals surface area contributed by atoms with Crippen LogP contribution in [0.3, 0.4) is 0 Å². The molecule has 2 nitrogen and oxygen atoms in total. The Bertz CT molecular complexity index is 189. The molecule has 1 radical (unpaired) electrons. The van der Waals surface area contributed by atoms with Gasteiger partial charge in [0, 0.05) is 12.2 Å². The summed E-state index contributed by atoms with van der Waals surface area (Å²) >= 11 is 0. The van der Waals surface area contributed by atoms with Crippen LogP contribution in [0, 0.1) is 6.92 Å². The maximum absolute atomic E-state index is 3.99. The molecule has 0 aliphatic carbocycles. The highest BCUT2D eigenvalue weighted by atomic mass is 15.0. The number of aromatic nitrogens is 2. The average molecular weight is 123 g/mol. The monoisotopic (exact) mass is 123 g/mol. The van der Waals surface area contributed by atoms with E-state index in [9.17, 15) is 0 Å². The third-order valence-electron chi connectivity index (χ3n) is 1.25. The molecule has 0 saturated heterocycles. The van der Waals surface area contributed by atoms with Gasteiger partial charge in [-0.05, 0) is 20.8 Å². The fourth-order valence-corrected chi connectivity index (χ4v) is 0.662. The van der Waals surface area contributed by atoms with Crippen molar-refractivity contribution in [1.82, 2.24) is 9.55 Å². The van der Waals surface area contributed by atoms with Crippen LogP contribution in [0.25, 0.3) is 0 Å². The van der Waals surface area contributed by atoms with Crippen LogP contribution in [0.2, 0.25) is 0 Å². The van der Waals surface area contributed by atoms with Crippen LogP contribution in [0.5, 0.6) is 0 Å². The summed E-state index contributed by atoms with van der Waals surface area (Å²) in [5, 5.41) is 0. The van der Waals surface area contributed by atoms with E-state index in [0.717, 1.165) is 5.69 Å². The Labute approximate surface area is 55.5 Å². The van der Waals surface area contributed by atoms with E-state index in [4.69, 9.17) is 0 Å². The smallest absolute Gasteiger partial charge is 0.0951 e. The molecule has 0 atom stereocenters. The summed E-state index contributed by atoms with van der Waals surface area (Å²) in [5.41, 5.74) is 0.837. The zero-order valence-electron chi connectivity index (χ0n) is 5.83. The molecule has 0 amide bonds. The molecule has 0 bridgehead atoms. The van der Waals surface area contributed by atoms with Gasteiger partial charge in [0.15, 0.2) is 0 Å². The minimum Gasteiger partial charge on any atom is -0.335 e. The predicted octanol–water partition coefficient (Wildman–Crippen LogP) is 1.65.